The quantitative estimate of drug-likeness (QED) is 0.616. The van der Waals surface area contributed by atoms with Crippen molar-refractivity contribution in [3.8, 4) is 0 Å². The second-order valence-corrected chi connectivity index (χ2v) is 4.52. The van der Waals surface area contributed by atoms with E-state index >= 15 is 0 Å². The van der Waals surface area contributed by atoms with Gasteiger partial charge in [0.05, 0.1) is 4.92 Å². The molecule has 7 heteroatoms. The van der Waals surface area contributed by atoms with Gasteiger partial charge in [-0.15, -0.1) is 0 Å². The van der Waals surface area contributed by atoms with Crippen LogP contribution in [0.15, 0.2) is 12.3 Å². The van der Waals surface area contributed by atoms with Crippen LogP contribution in [0.5, 0.6) is 0 Å². The summed E-state index contributed by atoms with van der Waals surface area (Å²) < 4.78 is 0. The number of aromatic nitrogens is 1. The lowest BCUT2D eigenvalue weighted by Gasteiger charge is -2.21. The minimum atomic E-state index is -1.35. The topological polar surface area (TPSA) is 105 Å². The number of nitro groups is 1. The molecule has 1 aromatic heterocycles. The van der Waals surface area contributed by atoms with E-state index in [4.69, 9.17) is 5.11 Å². The number of nitrogens with zero attached hydrogens (tertiary/aromatic N) is 2. The summed E-state index contributed by atoms with van der Waals surface area (Å²) >= 11 is 0. The Morgan fingerprint density at radius 1 is 1.53 bits per heavy atom. The number of nitrogens with one attached hydrogen (secondary N) is 1. The molecule has 1 aromatic rings. The molecule has 0 radical (unpaired) electrons. The summed E-state index contributed by atoms with van der Waals surface area (Å²) in [5, 5.41) is 22.4. The fraction of sp³-hybridized carbons (Fsp3) is 0.400. The van der Waals surface area contributed by atoms with E-state index in [2.05, 4.69) is 10.3 Å². The first-order chi connectivity index (χ1) is 7.70. The number of aromatic carboxylic acids is 1. The summed E-state index contributed by atoms with van der Waals surface area (Å²) in [6, 6.07) is 1.16. The third-order valence-electron chi connectivity index (χ3n) is 1.81. The van der Waals surface area contributed by atoms with Gasteiger partial charge in [-0.2, -0.15) is 0 Å². The van der Waals surface area contributed by atoms with Gasteiger partial charge in [-0.1, -0.05) is 0 Å². The molecule has 0 fully saturated rings. The van der Waals surface area contributed by atoms with Gasteiger partial charge in [-0.25, -0.2) is 9.78 Å². The van der Waals surface area contributed by atoms with Gasteiger partial charge in [0.2, 0.25) is 0 Å². The molecule has 7 nitrogen and oxygen atoms in total. The summed E-state index contributed by atoms with van der Waals surface area (Å²) in [4.78, 5) is 24.5. The van der Waals surface area contributed by atoms with Crippen molar-refractivity contribution < 1.29 is 14.8 Å². The normalized spacial score (nSPS) is 11.0. The van der Waals surface area contributed by atoms with Gasteiger partial charge in [-0.05, 0) is 20.8 Å². The van der Waals surface area contributed by atoms with E-state index in [1.807, 2.05) is 20.8 Å². The van der Waals surface area contributed by atoms with E-state index in [1.54, 1.807) is 0 Å². The van der Waals surface area contributed by atoms with Gasteiger partial charge in [0.1, 0.15) is 17.6 Å². The molecule has 2 N–H and O–H groups in total. The van der Waals surface area contributed by atoms with Crippen LogP contribution in [0.4, 0.5) is 11.5 Å². The van der Waals surface area contributed by atoms with E-state index in [0.717, 1.165) is 12.3 Å². The van der Waals surface area contributed by atoms with Crippen LogP contribution < -0.4 is 5.32 Å². The van der Waals surface area contributed by atoms with E-state index in [0.29, 0.717) is 5.82 Å². The highest BCUT2D eigenvalue weighted by atomic mass is 16.6. The molecular weight excluding hydrogens is 226 g/mol. The summed E-state index contributed by atoms with van der Waals surface area (Å²) in [5.41, 5.74) is -1.20. The maximum absolute atomic E-state index is 10.9. The molecule has 1 heterocycles. The Morgan fingerprint density at radius 2 is 2.12 bits per heavy atom. The molecule has 0 amide bonds. The van der Waals surface area contributed by atoms with Crippen molar-refractivity contribution >= 4 is 17.5 Å². The zero-order chi connectivity index (χ0) is 13.2. The third-order valence-corrected chi connectivity index (χ3v) is 1.81. The lowest BCUT2D eigenvalue weighted by molar-refractivity contribution is -0.385. The fourth-order valence-electron chi connectivity index (χ4n) is 1.22. The molecule has 0 atom stereocenters. The number of hydrogen-bond acceptors (Lipinski definition) is 5. The van der Waals surface area contributed by atoms with Crippen LogP contribution in [0.3, 0.4) is 0 Å². The zero-order valence-corrected chi connectivity index (χ0v) is 9.72. The van der Waals surface area contributed by atoms with Crippen LogP contribution in [0.25, 0.3) is 0 Å². The molecule has 0 saturated carbocycles. The number of carboxylic acid groups (broad SMARTS) is 1. The Bertz CT molecular complexity index is 465. The highest BCUT2D eigenvalue weighted by Crippen LogP contribution is 2.21. The number of hydrogen-bond donors (Lipinski definition) is 2. The van der Waals surface area contributed by atoms with Crippen molar-refractivity contribution in [3.05, 3.63) is 27.9 Å². The lowest BCUT2D eigenvalue weighted by atomic mass is 10.1. The second kappa shape index (κ2) is 4.36. The zero-order valence-electron chi connectivity index (χ0n) is 9.72. The Labute approximate surface area is 97.6 Å². The Balaban J connectivity index is 3.19. The van der Waals surface area contributed by atoms with E-state index < -0.39 is 16.6 Å². The highest BCUT2D eigenvalue weighted by molar-refractivity contribution is 5.93. The maximum Gasteiger partial charge on any atom is 0.342 e. The molecule has 1 rings (SSSR count). The van der Waals surface area contributed by atoms with Crippen LogP contribution in [0.1, 0.15) is 31.1 Å². The predicted molar refractivity (Wildman–Crippen MR) is 61.2 cm³/mol. The number of pyridine rings is 1. The minimum Gasteiger partial charge on any atom is -0.477 e. The van der Waals surface area contributed by atoms with Gasteiger partial charge in [0.15, 0.2) is 0 Å². The van der Waals surface area contributed by atoms with Crippen LogP contribution >= 0.6 is 0 Å². The van der Waals surface area contributed by atoms with Crippen LogP contribution in [-0.2, 0) is 0 Å². The first kappa shape index (κ1) is 12.9. The van der Waals surface area contributed by atoms with E-state index in [9.17, 15) is 14.9 Å². The smallest absolute Gasteiger partial charge is 0.342 e. The average molecular weight is 239 g/mol. The number of carboxylic acids is 1. The van der Waals surface area contributed by atoms with Gasteiger partial charge in [-0.3, -0.25) is 10.1 Å². The molecule has 0 aliphatic carbocycles. The molecule has 0 bridgehead atoms. The van der Waals surface area contributed by atoms with Crippen molar-refractivity contribution in [2.24, 2.45) is 0 Å². The highest BCUT2D eigenvalue weighted by Gasteiger charge is 2.22. The van der Waals surface area contributed by atoms with Crippen molar-refractivity contribution in [2.75, 3.05) is 5.32 Å². The summed E-state index contributed by atoms with van der Waals surface area (Å²) in [6.07, 6.45) is 0.942. The van der Waals surface area contributed by atoms with E-state index in [1.165, 1.54) is 0 Å². The first-order valence-electron chi connectivity index (χ1n) is 4.86. The third kappa shape index (κ3) is 3.40. The van der Waals surface area contributed by atoms with Crippen molar-refractivity contribution in [3.63, 3.8) is 0 Å². The van der Waals surface area contributed by atoms with Crippen molar-refractivity contribution in [2.45, 2.75) is 26.3 Å². The molecule has 17 heavy (non-hydrogen) atoms. The van der Waals surface area contributed by atoms with E-state index in [-0.39, 0.29) is 11.1 Å². The van der Waals surface area contributed by atoms with Gasteiger partial charge in [0.25, 0.3) is 0 Å². The number of carbonyl (C=O) groups is 1. The first-order valence-corrected chi connectivity index (χ1v) is 4.86. The standard InChI is InChI=1S/C10H13N3O4/c1-10(2,3)12-8-4-6(9(14)15)7(5-11-8)13(16)17/h4-5H,1-3H3,(H,11,12)(H,14,15). The Kier molecular flexibility index (Phi) is 3.31. The largest absolute Gasteiger partial charge is 0.477 e. The Hall–Kier alpha value is -2.18. The van der Waals surface area contributed by atoms with Crippen molar-refractivity contribution in [1.29, 1.82) is 0 Å². The molecular formula is C10H13N3O4. The lowest BCUT2D eigenvalue weighted by Crippen LogP contribution is -2.26. The average Bonchev–Trinajstić information content (AvgIpc) is 2.14. The molecule has 0 aromatic carbocycles. The van der Waals surface area contributed by atoms with Gasteiger partial charge in [0, 0.05) is 11.6 Å². The molecule has 0 spiro atoms. The maximum atomic E-state index is 10.9. The van der Waals surface area contributed by atoms with Crippen LogP contribution in [0.2, 0.25) is 0 Å². The predicted octanol–water partition coefficient (Wildman–Crippen LogP) is 1.90. The molecule has 0 saturated heterocycles. The molecule has 0 unspecified atom stereocenters. The molecule has 0 aliphatic heterocycles. The Morgan fingerprint density at radius 3 is 2.53 bits per heavy atom. The minimum absolute atomic E-state index is 0.292. The SMILES string of the molecule is CC(C)(C)Nc1cc(C(=O)O)c([N+](=O)[O-])cn1. The number of anilines is 1. The second-order valence-electron chi connectivity index (χ2n) is 4.52. The summed E-state index contributed by atoms with van der Waals surface area (Å²) in [7, 11) is 0. The monoisotopic (exact) mass is 239 g/mol. The summed E-state index contributed by atoms with van der Waals surface area (Å²) in [5.74, 6) is -1.06. The fourth-order valence-corrected chi connectivity index (χ4v) is 1.22. The van der Waals surface area contributed by atoms with Crippen LogP contribution in [0, 0.1) is 10.1 Å². The molecule has 0 aliphatic rings. The molecule has 92 valence electrons. The van der Waals surface area contributed by atoms with Crippen LogP contribution in [-0.4, -0.2) is 26.5 Å². The van der Waals surface area contributed by atoms with Gasteiger partial charge >= 0.3 is 11.7 Å². The number of rotatable bonds is 3. The van der Waals surface area contributed by atoms with Crippen molar-refractivity contribution in [1.82, 2.24) is 4.98 Å². The summed E-state index contributed by atoms with van der Waals surface area (Å²) in [6.45, 7) is 5.61. The van der Waals surface area contributed by atoms with Gasteiger partial charge < -0.3 is 10.4 Å².